The van der Waals surface area contributed by atoms with Crippen molar-refractivity contribution >= 4 is 46.6 Å². The van der Waals surface area contributed by atoms with E-state index in [1.807, 2.05) is 0 Å². The maximum atomic E-state index is 14.5. The predicted octanol–water partition coefficient (Wildman–Crippen LogP) is 5.55. The maximum absolute atomic E-state index is 14.5. The average Bonchev–Trinajstić information content (AvgIpc) is 3.48. The number of pyridine rings is 1. The number of rotatable bonds is 7. The normalized spacial score (nSPS) is 21.4. The summed E-state index contributed by atoms with van der Waals surface area (Å²) in [6, 6.07) is 3.57. The molecule has 3 aromatic rings. The number of thiophene rings is 1. The van der Waals surface area contributed by atoms with Crippen LogP contribution in [0.1, 0.15) is 57.4 Å². The Balaban J connectivity index is 1.57. The number of carbonyl (C=O) groups excluding carboxylic acids is 3. The third-order valence-electron chi connectivity index (χ3n) is 8.09. The molecule has 2 unspecified atom stereocenters. The number of nitrogens with two attached hydrogens (primary N) is 1. The predicted molar refractivity (Wildman–Crippen MR) is 157 cm³/mol. The van der Waals surface area contributed by atoms with Crippen LogP contribution in [-0.4, -0.2) is 62.4 Å². The molecule has 0 spiro atoms. The summed E-state index contributed by atoms with van der Waals surface area (Å²) < 4.78 is 87.4. The zero-order chi connectivity index (χ0) is 35.1. The summed E-state index contributed by atoms with van der Waals surface area (Å²) in [7, 11) is 0. The van der Waals surface area contributed by atoms with E-state index >= 15 is 0 Å². The lowest BCUT2D eigenvalue weighted by Gasteiger charge is -2.46. The minimum absolute atomic E-state index is 0.0404. The number of hydrogen-bond acceptors (Lipinski definition) is 7. The Morgan fingerprint density at radius 2 is 1.81 bits per heavy atom. The van der Waals surface area contributed by atoms with Crippen molar-refractivity contribution in [3.63, 3.8) is 0 Å². The van der Waals surface area contributed by atoms with Crippen LogP contribution in [0.4, 0.5) is 26.3 Å². The number of carbonyl (C=O) groups is 4. The molecule has 18 heteroatoms. The lowest BCUT2D eigenvalue weighted by Crippen LogP contribution is -2.60. The summed E-state index contributed by atoms with van der Waals surface area (Å²) in [5, 5.41) is 11.1. The lowest BCUT2D eigenvalue weighted by atomic mass is 9.83. The van der Waals surface area contributed by atoms with Gasteiger partial charge in [0.2, 0.25) is 11.8 Å². The first-order valence-electron chi connectivity index (χ1n) is 14.2. The standard InChI is InChI=1S/C30H25ClF6N4O6S/c31-15-5-6-17-14(9-15)10-22(47-16-11-21(48-13-16)30(35,36)37)41(25(17)26(38)44)27(45)18-3-2-8-40(20(18)12-23(42)43)28(46)24-19(29(32,33)34)4-1-7-39-24/h1,4-7,9,11,13,18,20,22,25H,2-3,8,10,12H2,(H2,38,44)(H,42,43)/t18-,20-,22?,25?/m1/s1. The summed E-state index contributed by atoms with van der Waals surface area (Å²) in [6.45, 7) is -0.218. The monoisotopic (exact) mass is 718 g/mol. The van der Waals surface area contributed by atoms with Crippen LogP contribution in [-0.2, 0) is 33.2 Å². The van der Waals surface area contributed by atoms with Crippen LogP contribution >= 0.6 is 22.9 Å². The number of amides is 3. The molecule has 4 heterocycles. The number of fused-ring (bicyclic) bond motifs is 1. The average molecular weight is 719 g/mol. The van der Waals surface area contributed by atoms with Crippen LogP contribution in [0.15, 0.2) is 48.0 Å². The highest BCUT2D eigenvalue weighted by atomic mass is 35.5. The van der Waals surface area contributed by atoms with E-state index in [1.54, 1.807) is 0 Å². The Kier molecular flexibility index (Phi) is 9.65. The highest BCUT2D eigenvalue weighted by Gasteiger charge is 2.49. The Bertz CT molecular complexity index is 1750. The van der Waals surface area contributed by atoms with Crippen molar-refractivity contribution in [2.24, 2.45) is 11.7 Å². The molecule has 4 atom stereocenters. The molecule has 2 aromatic heterocycles. The van der Waals surface area contributed by atoms with E-state index < -0.39 is 82.8 Å². The number of primary amides is 1. The fourth-order valence-electron chi connectivity index (χ4n) is 6.13. The van der Waals surface area contributed by atoms with Gasteiger partial charge in [0.05, 0.1) is 23.9 Å². The van der Waals surface area contributed by atoms with E-state index in [4.69, 9.17) is 22.1 Å². The van der Waals surface area contributed by atoms with Crippen LogP contribution < -0.4 is 10.5 Å². The molecule has 0 bridgehead atoms. The van der Waals surface area contributed by atoms with Gasteiger partial charge in [-0.1, -0.05) is 17.7 Å². The van der Waals surface area contributed by atoms with Gasteiger partial charge in [-0.15, -0.1) is 11.3 Å². The number of alkyl halides is 6. The molecule has 10 nitrogen and oxygen atoms in total. The third kappa shape index (κ3) is 7.06. The zero-order valence-electron chi connectivity index (χ0n) is 24.4. The van der Waals surface area contributed by atoms with E-state index in [1.165, 1.54) is 18.2 Å². The van der Waals surface area contributed by atoms with Gasteiger partial charge in [0, 0.05) is 35.6 Å². The topological polar surface area (TPSA) is 143 Å². The molecular weight excluding hydrogens is 694 g/mol. The Morgan fingerprint density at radius 1 is 1.08 bits per heavy atom. The maximum Gasteiger partial charge on any atom is 0.425 e. The van der Waals surface area contributed by atoms with Gasteiger partial charge >= 0.3 is 18.3 Å². The molecule has 1 aromatic carbocycles. The number of benzene rings is 1. The number of hydrogen-bond donors (Lipinski definition) is 2. The second kappa shape index (κ2) is 13.3. The number of likely N-dealkylation sites (tertiary alicyclic amines) is 1. The highest BCUT2D eigenvalue weighted by molar-refractivity contribution is 7.10. The van der Waals surface area contributed by atoms with Crippen molar-refractivity contribution in [3.8, 4) is 5.75 Å². The van der Waals surface area contributed by atoms with Crippen molar-refractivity contribution < 1.29 is 55.4 Å². The van der Waals surface area contributed by atoms with Gasteiger partial charge < -0.3 is 20.5 Å². The van der Waals surface area contributed by atoms with Crippen LogP contribution in [0.25, 0.3) is 0 Å². The second-order valence-electron chi connectivity index (χ2n) is 11.1. The fraction of sp³-hybridized carbons (Fsp3) is 0.367. The molecule has 1 fully saturated rings. The lowest BCUT2D eigenvalue weighted by molar-refractivity contribution is -0.158. The number of halogens is 7. The summed E-state index contributed by atoms with van der Waals surface area (Å²) in [4.78, 5) is 57.5. The molecule has 48 heavy (non-hydrogen) atoms. The number of carboxylic acids is 1. The van der Waals surface area contributed by atoms with Crippen LogP contribution in [0.2, 0.25) is 5.02 Å². The van der Waals surface area contributed by atoms with Crippen molar-refractivity contribution in [1.82, 2.24) is 14.8 Å². The van der Waals surface area contributed by atoms with Crippen molar-refractivity contribution in [1.29, 1.82) is 0 Å². The summed E-state index contributed by atoms with van der Waals surface area (Å²) >= 11 is 6.49. The van der Waals surface area contributed by atoms with E-state index in [2.05, 4.69) is 4.98 Å². The summed E-state index contributed by atoms with van der Waals surface area (Å²) in [5.74, 6) is -6.46. The number of aliphatic carboxylic acids is 1. The highest BCUT2D eigenvalue weighted by Crippen LogP contribution is 2.42. The van der Waals surface area contributed by atoms with E-state index in [9.17, 15) is 50.6 Å². The number of piperidine rings is 1. The van der Waals surface area contributed by atoms with Gasteiger partial charge in [-0.25, -0.2) is 0 Å². The molecule has 0 radical (unpaired) electrons. The molecule has 2 aliphatic rings. The summed E-state index contributed by atoms with van der Waals surface area (Å²) in [6.07, 6.45) is -11.3. The molecule has 0 aliphatic carbocycles. The van der Waals surface area contributed by atoms with Gasteiger partial charge in [0.1, 0.15) is 22.4 Å². The first-order valence-corrected chi connectivity index (χ1v) is 15.5. The number of carboxylic acid groups (broad SMARTS) is 1. The minimum atomic E-state index is -4.98. The molecule has 2 aliphatic heterocycles. The first kappa shape index (κ1) is 34.9. The Hall–Kier alpha value is -4.38. The molecule has 0 saturated carbocycles. The van der Waals surface area contributed by atoms with Crippen LogP contribution in [0.3, 0.4) is 0 Å². The Labute approximate surface area is 277 Å². The number of aromatic nitrogens is 1. The zero-order valence-corrected chi connectivity index (χ0v) is 26.0. The number of ether oxygens (including phenoxy) is 1. The third-order valence-corrected chi connectivity index (χ3v) is 9.28. The van der Waals surface area contributed by atoms with E-state index in [0.717, 1.165) is 27.4 Å². The van der Waals surface area contributed by atoms with Gasteiger partial charge in [0.15, 0.2) is 6.23 Å². The van der Waals surface area contributed by atoms with E-state index in [-0.39, 0.29) is 42.1 Å². The molecule has 3 N–H and O–H groups in total. The molecule has 3 amide bonds. The van der Waals surface area contributed by atoms with Crippen LogP contribution in [0, 0.1) is 5.92 Å². The van der Waals surface area contributed by atoms with Gasteiger partial charge in [0.25, 0.3) is 5.91 Å². The van der Waals surface area contributed by atoms with E-state index in [0.29, 0.717) is 29.0 Å². The number of nitrogens with zero attached hydrogens (tertiary/aromatic N) is 3. The molecule has 256 valence electrons. The largest absolute Gasteiger partial charge is 0.481 e. The van der Waals surface area contributed by atoms with Gasteiger partial charge in [-0.05, 0) is 48.2 Å². The molecular formula is C30H25ClF6N4O6S. The fourth-order valence-corrected chi connectivity index (χ4v) is 7.00. The molecule has 1 saturated heterocycles. The quantitative estimate of drug-likeness (QED) is 0.305. The van der Waals surface area contributed by atoms with Gasteiger partial charge in [-0.3, -0.25) is 29.1 Å². The van der Waals surface area contributed by atoms with Crippen LogP contribution in [0.5, 0.6) is 5.75 Å². The summed E-state index contributed by atoms with van der Waals surface area (Å²) in [5.41, 5.74) is 4.04. The smallest absolute Gasteiger partial charge is 0.425 e. The van der Waals surface area contributed by atoms with Crippen molar-refractivity contribution in [2.45, 2.75) is 56.3 Å². The molecule has 5 rings (SSSR count). The first-order chi connectivity index (χ1) is 22.5. The van der Waals surface area contributed by atoms with Crippen molar-refractivity contribution in [3.05, 3.63) is 80.3 Å². The van der Waals surface area contributed by atoms with Crippen molar-refractivity contribution in [2.75, 3.05) is 6.54 Å². The van der Waals surface area contributed by atoms with Gasteiger partial charge in [-0.2, -0.15) is 26.3 Å². The second-order valence-corrected chi connectivity index (χ2v) is 12.5. The minimum Gasteiger partial charge on any atom is -0.481 e. The Morgan fingerprint density at radius 3 is 2.44 bits per heavy atom. The SMILES string of the molecule is NC(=O)C1c2ccc(Cl)cc2CC(Oc2csc(C(F)(F)F)c2)N1C(=O)[C@@H]1CCCN(C(=O)c2ncccc2C(F)(F)F)[C@@H]1CC(=O)O.